The summed E-state index contributed by atoms with van der Waals surface area (Å²) < 4.78 is 2.67. The van der Waals surface area contributed by atoms with Crippen LogP contribution in [0.3, 0.4) is 0 Å². The number of benzene rings is 5. The first-order valence-electron chi connectivity index (χ1n) is 11.0. The van der Waals surface area contributed by atoms with Crippen molar-refractivity contribution in [1.29, 1.82) is 0 Å². The molecule has 0 aliphatic carbocycles. The first-order valence-corrected chi connectivity index (χ1v) is 11.8. The molecule has 2 nitrogen and oxygen atoms in total. The Morgan fingerprint density at radius 2 is 1.06 bits per heavy atom. The van der Waals surface area contributed by atoms with Crippen LogP contribution in [0.25, 0.3) is 31.3 Å². The van der Waals surface area contributed by atoms with Crippen molar-refractivity contribution in [3.63, 3.8) is 0 Å². The predicted octanol–water partition coefficient (Wildman–Crippen LogP) is 9.21. The van der Waals surface area contributed by atoms with Gasteiger partial charge in [-0.15, -0.1) is 11.3 Å². The summed E-state index contributed by atoms with van der Waals surface area (Å²) in [4.78, 5) is 0. The molecule has 1 heterocycles. The van der Waals surface area contributed by atoms with Crippen molar-refractivity contribution < 1.29 is 0 Å². The molecular formula is C30H22N2S. The number of hydrogen-bond acceptors (Lipinski definition) is 3. The Kier molecular flexibility index (Phi) is 5.02. The van der Waals surface area contributed by atoms with Crippen LogP contribution >= 0.6 is 11.3 Å². The monoisotopic (exact) mass is 442 g/mol. The summed E-state index contributed by atoms with van der Waals surface area (Å²) in [5, 5.41) is 9.66. The molecule has 3 heteroatoms. The molecule has 0 atom stereocenters. The smallest absolute Gasteiger partial charge is 0.0405 e. The van der Waals surface area contributed by atoms with Crippen molar-refractivity contribution in [1.82, 2.24) is 0 Å². The minimum absolute atomic E-state index is 1.05. The molecule has 0 saturated heterocycles. The van der Waals surface area contributed by atoms with E-state index in [2.05, 4.69) is 114 Å². The summed E-state index contributed by atoms with van der Waals surface area (Å²) in [6.07, 6.45) is 0. The fourth-order valence-corrected chi connectivity index (χ4v) is 5.41. The van der Waals surface area contributed by atoms with Crippen LogP contribution in [-0.4, -0.2) is 0 Å². The number of para-hydroxylation sites is 1. The zero-order valence-corrected chi connectivity index (χ0v) is 18.8. The van der Waals surface area contributed by atoms with Gasteiger partial charge in [-0.1, -0.05) is 66.7 Å². The van der Waals surface area contributed by atoms with E-state index >= 15 is 0 Å². The van der Waals surface area contributed by atoms with Crippen LogP contribution in [0.15, 0.2) is 121 Å². The van der Waals surface area contributed by atoms with Crippen molar-refractivity contribution >= 4 is 54.3 Å². The Hall–Kier alpha value is -4.08. The van der Waals surface area contributed by atoms with E-state index in [1.54, 1.807) is 0 Å². The van der Waals surface area contributed by atoms with Crippen molar-refractivity contribution in [2.75, 3.05) is 10.6 Å². The average Bonchev–Trinajstić information content (AvgIpc) is 3.24. The van der Waals surface area contributed by atoms with Gasteiger partial charge in [-0.2, -0.15) is 0 Å². The molecule has 0 saturated carbocycles. The van der Waals surface area contributed by atoms with E-state index in [0.717, 1.165) is 22.7 Å². The van der Waals surface area contributed by atoms with E-state index in [4.69, 9.17) is 0 Å². The van der Waals surface area contributed by atoms with Gasteiger partial charge in [-0.3, -0.25) is 0 Å². The number of fused-ring (bicyclic) bond motifs is 3. The molecule has 158 valence electrons. The van der Waals surface area contributed by atoms with E-state index in [0.29, 0.717) is 0 Å². The molecule has 0 fully saturated rings. The first kappa shape index (κ1) is 19.6. The molecule has 0 spiro atoms. The van der Waals surface area contributed by atoms with Gasteiger partial charge in [0.2, 0.25) is 0 Å². The van der Waals surface area contributed by atoms with Crippen LogP contribution in [0.1, 0.15) is 0 Å². The van der Waals surface area contributed by atoms with E-state index < -0.39 is 0 Å². The van der Waals surface area contributed by atoms with Gasteiger partial charge in [0.15, 0.2) is 0 Å². The number of anilines is 4. The Morgan fingerprint density at radius 1 is 0.455 bits per heavy atom. The van der Waals surface area contributed by atoms with Gasteiger partial charge in [0.25, 0.3) is 0 Å². The highest BCUT2D eigenvalue weighted by Gasteiger charge is 2.10. The third-order valence-electron chi connectivity index (χ3n) is 5.81. The Bertz CT molecular complexity index is 1550. The molecule has 0 radical (unpaired) electrons. The van der Waals surface area contributed by atoms with Crippen LogP contribution in [0, 0.1) is 0 Å². The molecule has 6 aromatic rings. The molecular weight excluding hydrogens is 420 g/mol. The SMILES string of the molecule is c1ccc(Nc2cccc(Nc3ccc(-c4cccc5sc6ccccc6c45)cc3)c2)cc1. The van der Waals surface area contributed by atoms with Gasteiger partial charge in [-0.05, 0) is 65.7 Å². The van der Waals surface area contributed by atoms with Gasteiger partial charge >= 0.3 is 0 Å². The minimum Gasteiger partial charge on any atom is -0.355 e. The van der Waals surface area contributed by atoms with Gasteiger partial charge in [0.05, 0.1) is 0 Å². The molecule has 6 rings (SSSR count). The maximum absolute atomic E-state index is 3.53. The summed E-state index contributed by atoms with van der Waals surface area (Å²) >= 11 is 1.86. The highest BCUT2D eigenvalue weighted by Crippen LogP contribution is 2.40. The molecule has 1 aromatic heterocycles. The second kappa shape index (κ2) is 8.45. The summed E-state index contributed by atoms with van der Waals surface area (Å²) in [5.41, 5.74) is 6.76. The molecule has 33 heavy (non-hydrogen) atoms. The number of nitrogens with one attached hydrogen (secondary N) is 2. The van der Waals surface area contributed by atoms with Crippen molar-refractivity contribution in [2.45, 2.75) is 0 Å². The van der Waals surface area contributed by atoms with Gasteiger partial charge < -0.3 is 10.6 Å². The lowest BCUT2D eigenvalue weighted by Gasteiger charge is -2.11. The molecule has 0 unspecified atom stereocenters. The molecule has 5 aromatic carbocycles. The van der Waals surface area contributed by atoms with Crippen LogP contribution in [-0.2, 0) is 0 Å². The zero-order chi connectivity index (χ0) is 22.0. The van der Waals surface area contributed by atoms with Crippen molar-refractivity contribution in [3.05, 3.63) is 121 Å². The Morgan fingerprint density at radius 3 is 1.85 bits per heavy atom. The minimum atomic E-state index is 1.05. The lowest BCUT2D eigenvalue weighted by atomic mass is 9.99. The van der Waals surface area contributed by atoms with Gasteiger partial charge in [0.1, 0.15) is 0 Å². The molecule has 0 aliphatic heterocycles. The molecule has 2 N–H and O–H groups in total. The largest absolute Gasteiger partial charge is 0.355 e. The second-order valence-electron chi connectivity index (χ2n) is 8.05. The maximum Gasteiger partial charge on any atom is 0.0405 e. The van der Waals surface area contributed by atoms with Crippen LogP contribution in [0.5, 0.6) is 0 Å². The van der Waals surface area contributed by atoms with Gasteiger partial charge in [0, 0.05) is 42.9 Å². The highest BCUT2D eigenvalue weighted by atomic mass is 32.1. The topological polar surface area (TPSA) is 24.1 Å². The third kappa shape index (κ3) is 3.95. The summed E-state index contributed by atoms with van der Waals surface area (Å²) in [6, 6.07) is 42.5. The lowest BCUT2D eigenvalue weighted by molar-refractivity contribution is 1.51. The fraction of sp³-hybridized carbons (Fsp3) is 0. The Labute approximate surface area is 197 Å². The number of thiophene rings is 1. The first-order chi connectivity index (χ1) is 16.3. The highest BCUT2D eigenvalue weighted by molar-refractivity contribution is 7.25. The fourth-order valence-electron chi connectivity index (χ4n) is 4.28. The summed E-state index contributed by atoms with van der Waals surface area (Å²) in [5.74, 6) is 0. The number of hydrogen-bond donors (Lipinski definition) is 2. The van der Waals surface area contributed by atoms with E-state index in [1.165, 1.54) is 31.3 Å². The van der Waals surface area contributed by atoms with E-state index in [-0.39, 0.29) is 0 Å². The zero-order valence-electron chi connectivity index (χ0n) is 18.0. The van der Waals surface area contributed by atoms with E-state index in [1.807, 2.05) is 29.5 Å². The van der Waals surface area contributed by atoms with Crippen LogP contribution in [0.4, 0.5) is 22.7 Å². The molecule has 0 aliphatic rings. The Balaban J connectivity index is 1.27. The molecule has 0 bridgehead atoms. The number of rotatable bonds is 5. The maximum atomic E-state index is 3.53. The van der Waals surface area contributed by atoms with Gasteiger partial charge in [-0.25, -0.2) is 0 Å². The molecule has 0 amide bonds. The van der Waals surface area contributed by atoms with Crippen molar-refractivity contribution in [3.8, 4) is 11.1 Å². The quantitative estimate of drug-likeness (QED) is 0.278. The second-order valence-corrected chi connectivity index (χ2v) is 9.13. The standard InChI is InChI=1S/C30H22N2S/c1-2-8-22(9-3-1)31-24-10-6-11-25(20-24)32-23-18-16-21(17-19-23)26-13-7-15-29-30(26)27-12-4-5-14-28(27)33-29/h1-20,31-32H. The predicted molar refractivity (Wildman–Crippen MR) is 144 cm³/mol. The summed E-state index contributed by atoms with van der Waals surface area (Å²) in [7, 11) is 0. The van der Waals surface area contributed by atoms with Crippen LogP contribution in [0.2, 0.25) is 0 Å². The lowest BCUT2D eigenvalue weighted by Crippen LogP contribution is -1.93. The van der Waals surface area contributed by atoms with Crippen LogP contribution < -0.4 is 10.6 Å². The average molecular weight is 443 g/mol. The normalized spacial score (nSPS) is 11.0. The third-order valence-corrected chi connectivity index (χ3v) is 6.95. The van der Waals surface area contributed by atoms with E-state index in [9.17, 15) is 0 Å². The van der Waals surface area contributed by atoms with Crippen molar-refractivity contribution in [2.24, 2.45) is 0 Å². The summed E-state index contributed by atoms with van der Waals surface area (Å²) in [6.45, 7) is 0.